The summed E-state index contributed by atoms with van der Waals surface area (Å²) in [4.78, 5) is 10.0. The Morgan fingerprint density at radius 2 is 1.89 bits per heavy atom. The van der Waals surface area contributed by atoms with Gasteiger partial charge >= 0.3 is 0 Å². The van der Waals surface area contributed by atoms with Gasteiger partial charge in [0.2, 0.25) is 0 Å². The maximum Gasteiger partial charge on any atom is 0.271 e. The van der Waals surface area contributed by atoms with Crippen molar-refractivity contribution in [2.45, 2.75) is 0 Å². The average molecular weight is 265 g/mol. The highest BCUT2D eigenvalue weighted by Crippen LogP contribution is 2.32. The first-order valence-electron chi connectivity index (χ1n) is 5.07. The van der Waals surface area contributed by atoms with Gasteiger partial charge in [0, 0.05) is 12.1 Å². The summed E-state index contributed by atoms with van der Waals surface area (Å²) in [5.74, 6) is 0.0759. The molecule has 0 bridgehead atoms. The molecule has 2 N–H and O–H groups in total. The molecule has 92 valence electrons. The highest BCUT2D eigenvalue weighted by molar-refractivity contribution is 6.33. The number of phenolic OH excluding ortho intramolecular Hbond substituents is 1. The zero-order valence-corrected chi connectivity index (χ0v) is 9.89. The van der Waals surface area contributed by atoms with Crippen molar-refractivity contribution in [2.75, 3.05) is 5.32 Å². The van der Waals surface area contributed by atoms with E-state index in [9.17, 15) is 15.2 Å². The van der Waals surface area contributed by atoms with Gasteiger partial charge in [-0.25, -0.2) is 0 Å². The lowest BCUT2D eigenvalue weighted by Crippen LogP contribution is -1.93. The van der Waals surface area contributed by atoms with Crippen molar-refractivity contribution in [1.29, 1.82) is 0 Å². The normalized spacial score (nSPS) is 10.1. The molecule has 0 saturated carbocycles. The Balaban J connectivity index is 2.30. The predicted octanol–water partition coefficient (Wildman–Crippen LogP) is 3.70. The van der Waals surface area contributed by atoms with E-state index in [1.807, 2.05) is 0 Å². The maximum atomic E-state index is 10.6. The zero-order valence-electron chi connectivity index (χ0n) is 9.13. The minimum Gasteiger partial charge on any atom is -0.506 e. The molecule has 0 aromatic heterocycles. The number of phenols is 1. The van der Waals surface area contributed by atoms with Crippen LogP contribution in [0.2, 0.25) is 5.02 Å². The van der Waals surface area contributed by atoms with Gasteiger partial charge in [-0.05, 0) is 18.2 Å². The molecular weight excluding hydrogens is 256 g/mol. The lowest BCUT2D eigenvalue weighted by molar-refractivity contribution is -0.384. The third-order valence-electron chi connectivity index (χ3n) is 2.34. The van der Waals surface area contributed by atoms with Crippen molar-refractivity contribution in [3.63, 3.8) is 0 Å². The summed E-state index contributed by atoms with van der Waals surface area (Å²) in [6, 6.07) is 10.7. The molecule has 0 aliphatic heterocycles. The predicted molar refractivity (Wildman–Crippen MR) is 69.5 cm³/mol. The van der Waals surface area contributed by atoms with Gasteiger partial charge in [-0.15, -0.1) is 0 Å². The van der Waals surface area contributed by atoms with Gasteiger partial charge in [0.05, 0.1) is 21.3 Å². The first kappa shape index (κ1) is 12.2. The lowest BCUT2D eigenvalue weighted by Gasteiger charge is -2.09. The number of hydrogen-bond donors (Lipinski definition) is 2. The number of aromatic hydroxyl groups is 1. The number of hydrogen-bond acceptors (Lipinski definition) is 4. The first-order chi connectivity index (χ1) is 8.58. The Morgan fingerprint density at radius 3 is 2.50 bits per heavy atom. The van der Waals surface area contributed by atoms with Crippen molar-refractivity contribution >= 4 is 28.7 Å². The summed E-state index contributed by atoms with van der Waals surface area (Å²) >= 11 is 5.93. The number of non-ortho nitro benzene ring substituents is 1. The van der Waals surface area contributed by atoms with E-state index >= 15 is 0 Å². The van der Waals surface area contributed by atoms with E-state index in [-0.39, 0.29) is 16.5 Å². The molecule has 0 spiro atoms. The topological polar surface area (TPSA) is 75.4 Å². The van der Waals surface area contributed by atoms with Crippen LogP contribution in [0.25, 0.3) is 0 Å². The number of rotatable bonds is 3. The third kappa shape index (κ3) is 2.52. The third-order valence-corrected chi connectivity index (χ3v) is 2.65. The van der Waals surface area contributed by atoms with Gasteiger partial charge in [0.15, 0.2) is 0 Å². The maximum absolute atomic E-state index is 10.6. The fraction of sp³-hybridized carbons (Fsp3) is 0. The van der Waals surface area contributed by atoms with E-state index in [4.69, 9.17) is 11.6 Å². The van der Waals surface area contributed by atoms with Crippen molar-refractivity contribution in [3.05, 3.63) is 57.6 Å². The van der Waals surface area contributed by atoms with Crippen LogP contribution in [0.1, 0.15) is 0 Å². The molecule has 2 aromatic rings. The molecule has 0 aliphatic carbocycles. The second-order valence-corrected chi connectivity index (χ2v) is 3.97. The summed E-state index contributed by atoms with van der Waals surface area (Å²) in [6.07, 6.45) is 0. The molecule has 6 heteroatoms. The Bertz CT molecular complexity index is 602. The molecule has 0 amide bonds. The molecule has 0 unspecified atom stereocenters. The zero-order chi connectivity index (χ0) is 13.1. The summed E-state index contributed by atoms with van der Waals surface area (Å²) < 4.78 is 0. The fourth-order valence-electron chi connectivity index (χ4n) is 1.44. The minimum atomic E-state index is -0.518. The number of nitrogens with one attached hydrogen (secondary N) is 1. The highest BCUT2D eigenvalue weighted by atomic mass is 35.5. The number of nitro benzene ring substituents is 1. The molecule has 2 aromatic carbocycles. The number of anilines is 2. The van der Waals surface area contributed by atoms with Crippen LogP contribution in [0, 0.1) is 10.1 Å². The quantitative estimate of drug-likeness (QED) is 0.503. The van der Waals surface area contributed by atoms with Crippen LogP contribution < -0.4 is 5.32 Å². The van der Waals surface area contributed by atoms with Crippen LogP contribution in [-0.4, -0.2) is 10.0 Å². The number of halogens is 1. The number of benzene rings is 2. The van der Waals surface area contributed by atoms with Crippen LogP contribution in [0.15, 0.2) is 42.5 Å². The monoisotopic (exact) mass is 264 g/mol. The second-order valence-electron chi connectivity index (χ2n) is 3.56. The first-order valence-corrected chi connectivity index (χ1v) is 5.44. The van der Waals surface area contributed by atoms with Crippen molar-refractivity contribution in [2.24, 2.45) is 0 Å². The minimum absolute atomic E-state index is 0.0759. The van der Waals surface area contributed by atoms with Crippen LogP contribution in [0.3, 0.4) is 0 Å². The van der Waals surface area contributed by atoms with Crippen molar-refractivity contribution < 1.29 is 10.0 Å². The Labute approximate surface area is 108 Å². The van der Waals surface area contributed by atoms with Crippen molar-refractivity contribution in [3.8, 4) is 5.75 Å². The molecule has 18 heavy (non-hydrogen) atoms. The number of para-hydroxylation sites is 2. The smallest absolute Gasteiger partial charge is 0.271 e. The molecule has 0 heterocycles. The summed E-state index contributed by atoms with van der Waals surface area (Å²) in [5.41, 5.74) is 0.889. The van der Waals surface area contributed by atoms with Gasteiger partial charge in [-0.2, -0.15) is 0 Å². The van der Waals surface area contributed by atoms with E-state index in [0.717, 1.165) is 0 Å². The fourth-order valence-corrected chi connectivity index (χ4v) is 1.67. The van der Waals surface area contributed by atoms with E-state index in [1.54, 1.807) is 18.2 Å². The van der Waals surface area contributed by atoms with Crippen LogP contribution in [0.4, 0.5) is 17.1 Å². The van der Waals surface area contributed by atoms with Gasteiger partial charge < -0.3 is 10.4 Å². The van der Waals surface area contributed by atoms with Gasteiger partial charge in [0.1, 0.15) is 5.75 Å². The van der Waals surface area contributed by atoms with Gasteiger partial charge in [-0.3, -0.25) is 10.1 Å². The SMILES string of the molecule is O=[N+]([O-])c1ccc(Nc2ccccc2O)c(Cl)c1. The molecular formula is C12H9ClN2O3. The van der Waals surface area contributed by atoms with Crippen molar-refractivity contribution in [1.82, 2.24) is 0 Å². The Morgan fingerprint density at radius 1 is 1.17 bits per heavy atom. The average Bonchev–Trinajstić information content (AvgIpc) is 2.34. The molecule has 0 radical (unpaired) electrons. The largest absolute Gasteiger partial charge is 0.506 e. The number of nitrogens with zero attached hydrogens (tertiary/aromatic N) is 1. The number of nitro groups is 1. The van der Waals surface area contributed by atoms with Gasteiger partial charge in [-0.1, -0.05) is 23.7 Å². The summed E-state index contributed by atoms with van der Waals surface area (Å²) in [6.45, 7) is 0. The van der Waals surface area contributed by atoms with Crippen LogP contribution in [0.5, 0.6) is 5.75 Å². The molecule has 2 rings (SSSR count). The standard InChI is InChI=1S/C12H9ClN2O3/c13-9-7-8(15(17)18)5-6-10(9)14-11-3-1-2-4-12(11)16/h1-7,14,16H. The molecule has 0 atom stereocenters. The second kappa shape index (κ2) is 4.93. The summed E-state index contributed by atoms with van der Waals surface area (Å²) in [7, 11) is 0. The lowest BCUT2D eigenvalue weighted by atomic mass is 10.2. The Hall–Kier alpha value is -2.27. The van der Waals surface area contributed by atoms with Gasteiger partial charge in [0.25, 0.3) is 5.69 Å². The van der Waals surface area contributed by atoms with Crippen LogP contribution in [-0.2, 0) is 0 Å². The molecule has 0 saturated heterocycles. The summed E-state index contributed by atoms with van der Waals surface area (Å²) in [5, 5.41) is 23.3. The highest BCUT2D eigenvalue weighted by Gasteiger charge is 2.10. The molecule has 0 aliphatic rings. The Kier molecular flexibility index (Phi) is 3.34. The molecule has 0 fully saturated rings. The molecule has 5 nitrogen and oxygen atoms in total. The van der Waals surface area contributed by atoms with E-state index in [1.165, 1.54) is 24.3 Å². The van der Waals surface area contributed by atoms with E-state index in [2.05, 4.69) is 5.32 Å². The van der Waals surface area contributed by atoms with E-state index < -0.39 is 4.92 Å². The van der Waals surface area contributed by atoms with E-state index in [0.29, 0.717) is 11.4 Å². The van der Waals surface area contributed by atoms with Crippen LogP contribution >= 0.6 is 11.6 Å².